The molecule has 1 aliphatic heterocycles. The van der Waals surface area contributed by atoms with E-state index in [1.807, 2.05) is 5.01 Å². The molecule has 6 heteroatoms. The third-order valence-electron chi connectivity index (χ3n) is 5.90. The molecule has 0 saturated carbocycles. The normalized spacial score (nSPS) is 15.8. The highest BCUT2D eigenvalue weighted by Gasteiger charge is 2.31. The summed E-state index contributed by atoms with van der Waals surface area (Å²) < 4.78 is 14.7. The summed E-state index contributed by atoms with van der Waals surface area (Å²) >= 11 is 3.91. The van der Waals surface area contributed by atoms with Gasteiger partial charge in [-0.05, 0) is 69.5 Å². The highest BCUT2D eigenvalue weighted by atomic mass is 127. The molecule has 1 aromatic heterocycles. The Morgan fingerprint density at radius 1 is 0.939 bits per heavy atom. The second-order valence-electron chi connectivity index (χ2n) is 8.46. The first kappa shape index (κ1) is 22.2. The second kappa shape index (κ2) is 9.35. The van der Waals surface area contributed by atoms with Crippen molar-refractivity contribution in [1.29, 1.82) is 0 Å². The lowest BCUT2D eigenvalue weighted by molar-refractivity contribution is 0.627. The van der Waals surface area contributed by atoms with Gasteiger partial charge in [0.2, 0.25) is 5.13 Å². The van der Waals surface area contributed by atoms with Crippen molar-refractivity contribution in [2.75, 3.05) is 5.01 Å². The first-order chi connectivity index (χ1) is 16.0. The summed E-state index contributed by atoms with van der Waals surface area (Å²) in [6, 6.07) is 23.8. The van der Waals surface area contributed by atoms with Crippen LogP contribution >= 0.6 is 33.9 Å². The van der Waals surface area contributed by atoms with Gasteiger partial charge in [-0.25, -0.2) is 14.4 Å². The fourth-order valence-electron chi connectivity index (χ4n) is 3.99. The zero-order chi connectivity index (χ0) is 22.9. The number of aromatic nitrogens is 1. The molecule has 1 aliphatic rings. The van der Waals surface area contributed by atoms with Crippen LogP contribution in [0.25, 0.3) is 11.3 Å². The number of hydrogen-bond acceptors (Lipinski definition) is 4. The molecule has 4 aromatic rings. The minimum atomic E-state index is -0.239. The van der Waals surface area contributed by atoms with Crippen LogP contribution in [0.15, 0.2) is 83.3 Å². The molecule has 0 bridgehead atoms. The molecule has 0 amide bonds. The Labute approximate surface area is 211 Å². The monoisotopic (exact) mass is 567 g/mol. The van der Waals surface area contributed by atoms with E-state index in [9.17, 15) is 4.39 Å². The van der Waals surface area contributed by atoms with E-state index >= 15 is 0 Å². The van der Waals surface area contributed by atoms with Crippen molar-refractivity contribution in [2.45, 2.75) is 32.2 Å². The molecule has 5 rings (SSSR count). The summed E-state index contributed by atoms with van der Waals surface area (Å²) in [5, 5.41) is 9.95. The predicted octanol–water partition coefficient (Wildman–Crippen LogP) is 8.03. The van der Waals surface area contributed by atoms with Gasteiger partial charge in [0.1, 0.15) is 5.82 Å². The van der Waals surface area contributed by atoms with E-state index in [1.165, 1.54) is 26.8 Å². The largest absolute Gasteiger partial charge is 0.231 e. The highest BCUT2D eigenvalue weighted by Crippen LogP contribution is 2.39. The summed E-state index contributed by atoms with van der Waals surface area (Å²) in [5.41, 5.74) is 6.45. The zero-order valence-electron chi connectivity index (χ0n) is 18.4. The maximum atomic E-state index is 13.5. The second-order valence-corrected chi connectivity index (χ2v) is 10.5. The lowest BCUT2D eigenvalue weighted by atomic mass is 9.95. The van der Waals surface area contributed by atoms with E-state index in [2.05, 4.69) is 90.3 Å². The molecule has 0 radical (unpaired) electrons. The zero-order valence-corrected chi connectivity index (χ0v) is 21.3. The van der Waals surface area contributed by atoms with Gasteiger partial charge in [-0.3, -0.25) is 0 Å². The van der Waals surface area contributed by atoms with Gasteiger partial charge in [0.05, 0.1) is 17.4 Å². The molecule has 166 valence electrons. The molecule has 33 heavy (non-hydrogen) atoms. The van der Waals surface area contributed by atoms with Crippen LogP contribution in [0.2, 0.25) is 0 Å². The Hall–Kier alpha value is -2.58. The molecule has 0 spiro atoms. The average Bonchev–Trinajstić information content (AvgIpc) is 3.48. The highest BCUT2D eigenvalue weighted by molar-refractivity contribution is 14.1. The van der Waals surface area contributed by atoms with Crippen LogP contribution in [0.1, 0.15) is 48.9 Å². The third kappa shape index (κ3) is 4.73. The van der Waals surface area contributed by atoms with Crippen LogP contribution in [0.3, 0.4) is 0 Å². The molecular formula is C27H23FIN3S. The standard InChI is InChI=1S/C27H23FIN3S/c1-17(2)18-3-5-21(6-4-18)26-15-24(19-7-11-22(28)12-8-19)31-32(26)27-30-25(16-33-27)20-9-13-23(29)14-10-20/h3-14,16-17,26H,15H2,1-2H3/t26-/m1/s1. The quantitative estimate of drug-likeness (QED) is 0.229. The maximum absolute atomic E-state index is 13.5. The van der Waals surface area contributed by atoms with E-state index in [0.29, 0.717) is 5.92 Å². The summed E-state index contributed by atoms with van der Waals surface area (Å²) in [6.07, 6.45) is 0.741. The summed E-state index contributed by atoms with van der Waals surface area (Å²) in [4.78, 5) is 4.93. The first-order valence-electron chi connectivity index (χ1n) is 10.9. The summed E-state index contributed by atoms with van der Waals surface area (Å²) in [6.45, 7) is 4.41. The molecule has 1 atom stereocenters. The van der Waals surface area contributed by atoms with Crippen molar-refractivity contribution in [3.05, 3.63) is 104 Å². The minimum absolute atomic E-state index is 0.0435. The number of thiazole rings is 1. The molecule has 3 aromatic carbocycles. The number of rotatable bonds is 5. The van der Waals surface area contributed by atoms with Crippen molar-refractivity contribution >= 4 is 44.8 Å². The molecule has 2 heterocycles. The number of benzene rings is 3. The van der Waals surface area contributed by atoms with Gasteiger partial charge in [-0.2, -0.15) is 5.10 Å². The summed E-state index contributed by atoms with van der Waals surface area (Å²) in [7, 11) is 0. The van der Waals surface area contributed by atoms with Gasteiger partial charge in [-0.15, -0.1) is 11.3 Å². The van der Waals surface area contributed by atoms with Gasteiger partial charge < -0.3 is 0 Å². The Kier molecular flexibility index (Phi) is 6.29. The molecular weight excluding hydrogens is 544 g/mol. The third-order valence-corrected chi connectivity index (χ3v) is 7.45. The Morgan fingerprint density at radius 3 is 2.27 bits per heavy atom. The Morgan fingerprint density at radius 2 is 1.61 bits per heavy atom. The number of anilines is 1. The van der Waals surface area contributed by atoms with Gasteiger partial charge >= 0.3 is 0 Å². The van der Waals surface area contributed by atoms with Crippen molar-refractivity contribution < 1.29 is 4.39 Å². The molecule has 0 N–H and O–H groups in total. The van der Waals surface area contributed by atoms with E-state index in [4.69, 9.17) is 10.1 Å². The fourth-order valence-corrected chi connectivity index (χ4v) is 5.18. The van der Waals surface area contributed by atoms with Gasteiger partial charge in [-0.1, -0.05) is 62.4 Å². The fraction of sp³-hybridized carbons (Fsp3) is 0.185. The van der Waals surface area contributed by atoms with E-state index in [-0.39, 0.29) is 11.9 Å². The molecule has 0 unspecified atom stereocenters. The predicted molar refractivity (Wildman–Crippen MR) is 144 cm³/mol. The molecule has 0 aliphatic carbocycles. The van der Waals surface area contributed by atoms with Crippen LogP contribution in [-0.2, 0) is 0 Å². The van der Waals surface area contributed by atoms with Gasteiger partial charge in [0.15, 0.2) is 0 Å². The molecule has 0 saturated heterocycles. The van der Waals surface area contributed by atoms with Gasteiger partial charge in [0.25, 0.3) is 0 Å². The lowest BCUT2D eigenvalue weighted by Gasteiger charge is -2.21. The Bertz CT molecular complexity index is 1280. The summed E-state index contributed by atoms with van der Waals surface area (Å²) in [5.74, 6) is 0.248. The van der Waals surface area contributed by atoms with Crippen LogP contribution in [-0.4, -0.2) is 10.7 Å². The number of nitrogens with zero attached hydrogens (tertiary/aromatic N) is 3. The molecule has 3 nitrogen and oxygen atoms in total. The van der Waals surface area contributed by atoms with Gasteiger partial charge in [0, 0.05) is 20.9 Å². The van der Waals surface area contributed by atoms with Crippen LogP contribution in [0, 0.1) is 9.39 Å². The molecule has 0 fully saturated rings. The number of hydrazone groups is 1. The van der Waals surface area contributed by atoms with E-state index in [1.54, 1.807) is 23.5 Å². The van der Waals surface area contributed by atoms with Crippen LogP contribution in [0.5, 0.6) is 0 Å². The van der Waals surface area contributed by atoms with E-state index in [0.717, 1.165) is 34.1 Å². The van der Waals surface area contributed by atoms with Crippen molar-refractivity contribution in [1.82, 2.24) is 4.98 Å². The Balaban J connectivity index is 1.51. The minimum Gasteiger partial charge on any atom is -0.231 e. The van der Waals surface area contributed by atoms with Crippen LogP contribution < -0.4 is 5.01 Å². The maximum Gasteiger partial charge on any atom is 0.207 e. The lowest BCUT2D eigenvalue weighted by Crippen LogP contribution is -2.18. The topological polar surface area (TPSA) is 28.5 Å². The number of hydrogen-bond donors (Lipinski definition) is 0. The van der Waals surface area contributed by atoms with Crippen molar-refractivity contribution in [3.8, 4) is 11.3 Å². The first-order valence-corrected chi connectivity index (χ1v) is 12.9. The van der Waals surface area contributed by atoms with Crippen molar-refractivity contribution in [3.63, 3.8) is 0 Å². The van der Waals surface area contributed by atoms with Crippen LogP contribution in [0.4, 0.5) is 9.52 Å². The smallest absolute Gasteiger partial charge is 0.207 e. The number of halogens is 2. The average molecular weight is 567 g/mol. The SMILES string of the molecule is CC(C)c1ccc([C@H]2CC(c3ccc(F)cc3)=NN2c2nc(-c3ccc(I)cc3)cs2)cc1. The van der Waals surface area contributed by atoms with E-state index < -0.39 is 0 Å². The van der Waals surface area contributed by atoms with Crippen molar-refractivity contribution in [2.24, 2.45) is 5.10 Å².